The summed E-state index contributed by atoms with van der Waals surface area (Å²) >= 11 is 0. The lowest BCUT2D eigenvalue weighted by atomic mass is 10.0. The second-order valence-electron chi connectivity index (χ2n) is 7.70. The SMILES string of the molecule is Cc1cccc(NC(=O)CCNCc2c(C(C)C)nn(C)c2N2CCOCC2)n1. The Balaban J connectivity index is 1.58. The second-order valence-corrected chi connectivity index (χ2v) is 7.70. The number of aryl methyl sites for hydroxylation is 2. The summed E-state index contributed by atoms with van der Waals surface area (Å²) in [5.41, 5.74) is 3.20. The van der Waals surface area contributed by atoms with E-state index in [0.29, 0.717) is 31.2 Å². The fraction of sp³-hybridized carbons (Fsp3) is 0.571. The minimum Gasteiger partial charge on any atom is -0.378 e. The molecule has 0 atom stereocenters. The molecular weight excluding hydrogens is 368 g/mol. The highest BCUT2D eigenvalue weighted by Crippen LogP contribution is 2.28. The zero-order valence-corrected chi connectivity index (χ0v) is 17.9. The quantitative estimate of drug-likeness (QED) is 0.661. The van der Waals surface area contributed by atoms with Crippen molar-refractivity contribution in [2.24, 2.45) is 7.05 Å². The van der Waals surface area contributed by atoms with Crippen molar-refractivity contribution >= 4 is 17.5 Å². The number of ether oxygens (including phenoxy) is 1. The Labute approximate surface area is 172 Å². The molecule has 1 amide bonds. The number of morpholine rings is 1. The smallest absolute Gasteiger partial charge is 0.226 e. The van der Waals surface area contributed by atoms with Gasteiger partial charge in [0.1, 0.15) is 11.6 Å². The van der Waals surface area contributed by atoms with Crippen LogP contribution in [0.5, 0.6) is 0 Å². The van der Waals surface area contributed by atoms with Crippen LogP contribution in [0.4, 0.5) is 11.6 Å². The number of nitrogens with one attached hydrogen (secondary N) is 2. The fourth-order valence-corrected chi connectivity index (χ4v) is 3.62. The number of hydrogen-bond acceptors (Lipinski definition) is 6. The van der Waals surface area contributed by atoms with Crippen molar-refractivity contribution in [3.8, 4) is 0 Å². The lowest BCUT2D eigenvalue weighted by Crippen LogP contribution is -2.38. The molecule has 1 aliphatic rings. The molecule has 29 heavy (non-hydrogen) atoms. The van der Waals surface area contributed by atoms with Gasteiger partial charge in [-0.1, -0.05) is 19.9 Å². The van der Waals surface area contributed by atoms with E-state index in [1.165, 1.54) is 5.56 Å². The Bertz CT molecular complexity index is 827. The molecule has 1 fully saturated rings. The van der Waals surface area contributed by atoms with E-state index in [9.17, 15) is 4.79 Å². The number of carbonyl (C=O) groups is 1. The lowest BCUT2D eigenvalue weighted by molar-refractivity contribution is -0.116. The van der Waals surface area contributed by atoms with Gasteiger partial charge >= 0.3 is 0 Å². The van der Waals surface area contributed by atoms with Gasteiger partial charge in [-0.25, -0.2) is 4.98 Å². The van der Waals surface area contributed by atoms with Crippen LogP contribution >= 0.6 is 0 Å². The second kappa shape index (κ2) is 9.84. The number of carbonyl (C=O) groups excluding carboxylic acids is 1. The molecule has 1 aliphatic heterocycles. The van der Waals surface area contributed by atoms with Crippen LogP contribution in [-0.4, -0.2) is 53.5 Å². The monoisotopic (exact) mass is 400 g/mol. The molecule has 0 bridgehead atoms. The molecule has 0 spiro atoms. The molecule has 2 aromatic rings. The molecular formula is C21H32N6O2. The third-order valence-electron chi connectivity index (χ3n) is 4.99. The molecule has 3 heterocycles. The topological polar surface area (TPSA) is 84.3 Å². The minimum atomic E-state index is -0.0423. The summed E-state index contributed by atoms with van der Waals surface area (Å²) < 4.78 is 7.48. The maximum atomic E-state index is 12.2. The summed E-state index contributed by atoms with van der Waals surface area (Å²) in [6, 6.07) is 5.60. The van der Waals surface area contributed by atoms with Gasteiger partial charge in [0.15, 0.2) is 0 Å². The number of aromatic nitrogens is 3. The van der Waals surface area contributed by atoms with Crippen LogP contribution in [0.2, 0.25) is 0 Å². The van der Waals surface area contributed by atoms with Crippen LogP contribution in [0, 0.1) is 6.92 Å². The summed E-state index contributed by atoms with van der Waals surface area (Å²) in [6.45, 7) is 10.7. The standard InChI is InChI=1S/C21H32N6O2/c1-15(2)20-17(21(26(4)25-20)27-10-12-29-13-11-27)14-22-9-8-19(28)24-18-7-5-6-16(3)23-18/h5-7,15,22H,8-14H2,1-4H3,(H,23,24,28). The van der Waals surface area contributed by atoms with Crippen LogP contribution in [0.15, 0.2) is 18.2 Å². The highest BCUT2D eigenvalue weighted by Gasteiger charge is 2.24. The van der Waals surface area contributed by atoms with E-state index in [2.05, 4.69) is 34.4 Å². The first-order valence-corrected chi connectivity index (χ1v) is 10.3. The number of amides is 1. The number of pyridine rings is 1. The van der Waals surface area contributed by atoms with Crippen molar-refractivity contribution in [3.05, 3.63) is 35.2 Å². The first-order valence-electron chi connectivity index (χ1n) is 10.3. The third-order valence-corrected chi connectivity index (χ3v) is 4.99. The zero-order chi connectivity index (χ0) is 20.8. The first-order chi connectivity index (χ1) is 14.0. The molecule has 3 rings (SSSR count). The normalized spacial score (nSPS) is 14.4. The summed E-state index contributed by atoms with van der Waals surface area (Å²) in [6.07, 6.45) is 0.389. The van der Waals surface area contributed by atoms with Crippen LogP contribution in [-0.2, 0) is 23.1 Å². The maximum absolute atomic E-state index is 12.2. The van der Waals surface area contributed by atoms with Crippen molar-refractivity contribution < 1.29 is 9.53 Å². The van der Waals surface area contributed by atoms with Crippen LogP contribution in [0.3, 0.4) is 0 Å². The predicted octanol–water partition coefficient (Wildman–Crippen LogP) is 2.20. The molecule has 0 radical (unpaired) electrons. The average Bonchev–Trinajstić information content (AvgIpc) is 3.02. The van der Waals surface area contributed by atoms with Gasteiger partial charge in [0.25, 0.3) is 0 Å². The van der Waals surface area contributed by atoms with Gasteiger partial charge in [0.05, 0.1) is 18.9 Å². The third kappa shape index (κ3) is 5.55. The maximum Gasteiger partial charge on any atom is 0.226 e. The van der Waals surface area contributed by atoms with E-state index in [1.54, 1.807) is 6.07 Å². The van der Waals surface area contributed by atoms with Crippen LogP contribution in [0.1, 0.15) is 43.1 Å². The van der Waals surface area contributed by atoms with Gasteiger partial charge in [-0.15, -0.1) is 0 Å². The molecule has 2 N–H and O–H groups in total. The van der Waals surface area contributed by atoms with Gasteiger partial charge < -0.3 is 20.3 Å². The summed E-state index contributed by atoms with van der Waals surface area (Å²) in [5, 5.41) is 11.0. The molecule has 0 aliphatic carbocycles. The Morgan fingerprint density at radius 3 is 2.72 bits per heavy atom. The summed E-state index contributed by atoms with van der Waals surface area (Å²) in [4.78, 5) is 18.8. The van der Waals surface area contributed by atoms with E-state index < -0.39 is 0 Å². The fourth-order valence-electron chi connectivity index (χ4n) is 3.62. The van der Waals surface area contributed by atoms with E-state index >= 15 is 0 Å². The van der Waals surface area contributed by atoms with E-state index in [1.807, 2.05) is 30.8 Å². The molecule has 0 unspecified atom stereocenters. The molecule has 8 nitrogen and oxygen atoms in total. The average molecular weight is 401 g/mol. The predicted molar refractivity (Wildman–Crippen MR) is 114 cm³/mol. The molecule has 2 aromatic heterocycles. The van der Waals surface area contributed by atoms with Gasteiger partial charge in [-0.3, -0.25) is 9.48 Å². The molecule has 8 heteroatoms. The number of anilines is 2. The zero-order valence-electron chi connectivity index (χ0n) is 17.9. The van der Waals surface area contributed by atoms with Crippen molar-refractivity contribution in [1.29, 1.82) is 0 Å². The Hall–Kier alpha value is -2.45. The number of hydrogen-bond donors (Lipinski definition) is 2. The minimum absolute atomic E-state index is 0.0423. The van der Waals surface area contributed by atoms with Gasteiger partial charge in [0, 0.05) is 50.9 Å². The Morgan fingerprint density at radius 1 is 1.28 bits per heavy atom. The van der Waals surface area contributed by atoms with Crippen molar-refractivity contribution in [3.63, 3.8) is 0 Å². The van der Waals surface area contributed by atoms with E-state index in [4.69, 9.17) is 9.84 Å². The first kappa shape index (κ1) is 21.3. The largest absolute Gasteiger partial charge is 0.378 e. The summed E-state index contributed by atoms with van der Waals surface area (Å²) in [5.74, 6) is 2.04. The van der Waals surface area contributed by atoms with Crippen LogP contribution in [0.25, 0.3) is 0 Å². The van der Waals surface area contributed by atoms with Gasteiger partial charge in [-0.2, -0.15) is 5.10 Å². The number of nitrogens with zero attached hydrogens (tertiary/aromatic N) is 4. The molecule has 158 valence electrons. The highest BCUT2D eigenvalue weighted by atomic mass is 16.5. The molecule has 1 saturated heterocycles. The van der Waals surface area contributed by atoms with E-state index in [0.717, 1.165) is 43.5 Å². The van der Waals surface area contributed by atoms with Crippen molar-refractivity contribution in [2.45, 2.75) is 39.7 Å². The van der Waals surface area contributed by atoms with Gasteiger partial charge in [0.2, 0.25) is 5.91 Å². The molecule has 0 saturated carbocycles. The van der Waals surface area contributed by atoms with Crippen molar-refractivity contribution in [2.75, 3.05) is 43.1 Å². The van der Waals surface area contributed by atoms with E-state index in [-0.39, 0.29) is 5.91 Å². The van der Waals surface area contributed by atoms with Crippen LogP contribution < -0.4 is 15.5 Å². The Kier molecular flexibility index (Phi) is 7.22. The number of rotatable bonds is 8. The highest BCUT2D eigenvalue weighted by molar-refractivity contribution is 5.89. The molecule has 0 aromatic carbocycles. The Morgan fingerprint density at radius 2 is 2.03 bits per heavy atom. The van der Waals surface area contributed by atoms with Gasteiger partial charge in [-0.05, 0) is 25.0 Å². The summed E-state index contributed by atoms with van der Waals surface area (Å²) in [7, 11) is 2.00. The van der Waals surface area contributed by atoms with Crippen molar-refractivity contribution in [1.82, 2.24) is 20.1 Å². The lowest BCUT2D eigenvalue weighted by Gasteiger charge is -2.29.